The van der Waals surface area contributed by atoms with Gasteiger partial charge >= 0.3 is 6.00 Å². The summed E-state index contributed by atoms with van der Waals surface area (Å²) in [4.78, 5) is 12.9. The van der Waals surface area contributed by atoms with Gasteiger partial charge in [0.05, 0.1) is 6.54 Å². The van der Waals surface area contributed by atoms with Crippen molar-refractivity contribution in [2.45, 2.75) is 12.5 Å². The zero-order valence-electron chi connectivity index (χ0n) is 5.11. The zero-order chi connectivity index (χ0) is 8.04. The van der Waals surface area contributed by atoms with Crippen LogP contribution in [0.15, 0.2) is 4.99 Å². The Hall–Kier alpha value is 0.467. The lowest BCUT2D eigenvalue weighted by molar-refractivity contribution is 0.562. The molecular formula is C4H6Cl3NOSi. The van der Waals surface area contributed by atoms with Crippen LogP contribution in [0.1, 0.15) is 6.42 Å². The molecule has 0 aliphatic heterocycles. The van der Waals surface area contributed by atoms with Gasteiger partial charge in [-0.25, -0.2) is 9.79 Å². The van der Waals surface area contributed by atoms with E-state index in [-0.39, 0.29) is 0 Å². The average Bonchev–Trinajstić information content (AvgIpc) is 1.78. The summed E-state index contributed by atoms with van der Waals surface area (Å²) in [5.41, 5.74) is 0. The number of hydrogen-bond donors (Lipinski definition) is 0. The smallest absolute Gasteiger partial charge is 0.211 e. The summed E-state index contributed by atoms with van der Waals surface area (Å²) in [5, 5.41) is 0. The number of rotatable bonds is 4. The van der Waals surface area contributed by atoms with Crippen molar-refractivity contribution in [3.05, 3.63) is 0 Å². The molecule has 0 spiro atoms. The highest BCUT2D eigenvalue weighted by atomic mass is 35.8. The normalized spacial score (nSPS) is 10.7. The number of halogens is 3. The summed E-state index contributed by atoms with van der Waals surface area (Å²) in [6.45, 7) is 0.407. The Labute approximate surface area is 74.3 Å². The molecule has 6 heteroatoms. The summed E-state index contributed by atoms with van der Waals surface area (Å²) in [5.74, 6) is 0. The number of aliphatic imine (C=N–C) groups is 1. The minimum Gasteiger partial charge on any atom is -0.211 e. The molecule has 0 aromatic heterocycles. The lowest BCUT2D eigenvalue weighted by Gasteiger charge is -2.03. The second-order valence-electron chi connectivity index (χ2n) is 1.69. The lowest BCUT2D eigenvalue weighted by atomic mass is 10.5. The number of nitrogens with zero attached hydrogens (tertiary/aromatic N) is 1. The second-order valence-corrected chi connectivity index (χ2v) is 11.0. The SMILES string of the molecule is O=C=NCCC[Si](Cl)(Cl)Cl. The predicted molar refractivity (Wildman–Crippen MR) is 45.7 cm³/mol. The summed E-state index contributed by atoms with van der Waals surface area (Å²) < 4.78 is 0. The Kier molecular flexibility index (Phi) is 5.40. The van der Waals surface area contributed by atoms with Crippen molar-refractivity contribution in [2.24, 2.45) is 4.99 Å². The van der Waals surface area contributed by atoms with Crippen molar-refractivity contribution in [2.75, 3.05) is 6.54 Å². The molecule has 0 heterocycles. The Morgan fingerprint density at radius 2 is 2.00 bits per heavy atom. The van der Waals surface area contributed by atoms with E-state index in [0.717, 1.165) is 0 Å². The van der Waals surface area contributed by atoms with Gasteiger partial charge in [0, 0.05) is 0 Å². The molecular weight excluding hydrogens is 212 g/mol. The topological polar surface area (TPSA) is 29.4 Å². The highest BCUT2D eigenvalue weighted by Crippen LogP contribution is 2.26. The van der Waals surface area contributed by atoms with E-state index in [0.29, 0.717) is 19.0 Å². The Morgan fingerprint density at radius 3 is 2.40 bits per heavy atom. The molecule has 0 atom stereocenters. The van der Waals surface area contributed by atoms with Crippen molar-refractivity contribution in [3.8, 4) is 0 Å². The van der Waals surface area contributed by atoms with Gasteiger partial charge in [-0.15, -0.1) is 33.2 Å². The van der Waals surface area contributed by atoms with Crippen molar-refractivity contribution in [1.29, 1.82) is 0 Å². The quantitative estimate of drug-likeness (QED) is 0.234. The monoisotopic (exact) mass is 217 g/mol. The third-order valence-electron chi connectivity index (χ3n) is 0.795. The molecule has 0 N–H and O–H groups in total. The number of carbonyl (C=O) groups excluding carboxylic acids is 1. The molecule has 0 aromatic carbocycles. The molecule has 0 bridgehead atoms. The van der Waals surface area contributed by atoms with Crippen LogP contribution in [0.2, 0.25) is 6.04 Å². The molecule has 0 rings (SSSR count). The first kappa shape index (κ1) is 10.5. The highest BCUT2D eigenvalue weighted by Gasteiger charge is 2.23. The Balaban J connectivity index is 3.28. The molecule has 2 nitrogen and oxygen atoms in total. The van der Waals surface area contributed by atoms with Crippen molar-refractivity contribution < 1.29 is 4.79 Å². The van der Waals surface area contributed by atoms with Crippen molar-refractivity contribution in [3.63, 3.8) is 0 Å². The predicted octanol–water partition coefficient (Wildman–Crippen LogP) is 2.37. The standard InChI is InChI=1S/C4H6Cl3NOSi/c5-10(6,7)3-1-2-8-4-9/h1-3H2. The van der Waals surface area contributed by atoms with E-state index < -0.39 is 6.00 Å². The van der Waals surface area contributed by atoms with E-state index in [1.54, 1.807) is 0 Å². The van der Waals surface area contributed by atoms with E-state index in [4.69, 9.17) is 33.2 Å². The van der Waals surface area contributed by atoms with Gasteiger partial charge in [0.1, 0.15) is 0 Å². The van der Waals surface area contributed by atoms with Crippen LogP contribution in [0.4, 0.5) is 0 Å². The summed E-state index contributed by atoms with van der Waals surface area (Å²) >= 11 is 16.6. The highest BCUT2D eigenvalue weighted by molar-refractivity contribution is 7.64. The van der Waals surface area contributed by atoms with E-state index in [9.17, 15) is 4.79 Å². The fourth-order valence-corrected chi connectivity index (χ4v) is 2.17. The molecule has 0 unspecified atom stereocenters. The van der Waals surface area contributed by atoms with E-state index in [2.05, 4.69) is 4.99 Å². The molecule has 0 aliphatic carbocycles. The molecule has 0 aromatic rings. The first-order valence-electron chi connectivity index (χ1n) is 2.66. The van der Waals surface area contributed by atoms with Gasteiger partial charge in [-0.3, -0.25) is 0 Å². The third kappa shape index (κ3) is 8.47. The Bertz CT molecular complexity index is 140. The van der Waals surface area contributed by atoms with Crippen LogP contribution in [0, 0.1) is 0 Å². The first-order valence-corrected chi connectivity index (χ1v) is 7.91. The van der Waals surface area contributed by atoms with E-state index >= 15 is 0 Å². The fraction of sp³-hybridized carbons (Fsp3) is 0.750. The van der Waals surface area contributed by atoms with Gasteiger partial charge in [0.15, 0.2) is 0 Å². The number of isocyanates is 1. The Morgan fingerprint density at radius 1 is 1.40 bits per heavy atom. The summed E-state index contributed by atoms with van der Waals surface area (Å²) in [7, 11) is 0. The molecule has 0 fully saturated rings. The zero-order valence-corrected chi connectivity index (χ0v) is 8.38. The largest absolute Gasteiger partial charge is 0.341 e. The van der Waals surface area contributed by atoms with Gasteiger partial charge in [0.25, 0.3) is 0 Å². The van der Waals surface area contributed by atoms with Gasteiger partial charge in [-0.2, -0.15) is 0 Å². The fourth-order valence-electron chi connectivity index (χ4n) is 0.404. The van der Waals surface area contributed by atoms with Crippen LogP contribution >= 0.6 is 33.2 Å². The van der Waals surface area contributed by atoms with Crippen LogP contribution in [0.5, 0.6) is 0 Å². The summed E-state index contributed by atoms with van der Waals surface area (Å²) in [6.07, 6.45) is 2.07. The molecule has 58 valence electrons. The minimum atomic E-state index is -2.48. The molecule has 0 saturated carbocycles. The molecule has 10 heavy (non-hydrogen) atoms. The van der Waals surface area contributed by atoms with Crippen LogP contribution in [0.25, 0.3) is 0 Å². The maximum atomic E-state index is 9.55. The van der Waals surface area contributed by atoms with Crippen molar-refractivity contribution >= 4 is 45.3 Å². The second kappa shape index (κ2) is 5.16. The molecule has 0 aliphatic rings. The molecule has 0 radical (unpaired) electrons. The summed E-state index contributed by atoms with van der Waals surface area (Å²) in [6, 6.07) is -1.94. The third-order valence-corrected chi connectivity index (χ3v) is 3.42. The minimum absolute atomic E-state index is 0.407. The van der Waals surface area contributed by atoms with Gasteiger partial charge in [0.2, 0.25) is 6.08 Å². The van der Waals surface area contributed by atoms with Gasteiger partial charge in [-0.1, -0.05) is 0 Å². The van der Waals surface area contributed by atoms with Crippen LogP contribution in [-0.4, -0.2) is 18.6 Å². The van der Waals surface area contributed by atoms with E-state index in [1.807, 2.05) is 0 Å². The van der Waals surface area contributed by atoms with Crippen LogP contribution < -0.4 is 0 Å². The maximum absolute atomic E-state index is 9.55. The van der Waals surface area contributed by atoms with Crippen LogP contribution in [-0.2, 0) is 4.79 Å². The molecule has 0 saturated heterocycles. The van der Waals surface area contributed by atoms with E-state index in [1.165, 1.54) is 6.08 Å². The maximum Gasteiger partial charge on any atom is 0.341 e. The number of hydrogen-bond acceptors (Lipinski definition) is 2. The van der Waals surface area contributed by atoms with Crippen molar-refractivity contribution in [1.82, 2.24) is 0 Å². The van der Waals surface area contributed by atoms with Gasteiger partial charge < -0.3 is 0 Å². The first-order chi connectivity index (χ1) is 4.56. The average molecular weight is 219 g/mol. The molecule has 0 amide bonds. The van der Waals surface area contributed by atoms with Gasteiger partial charge in [-0.05, 0) is 12.5 Å². The lowest BCUT2D eigenvalue weighted by Crippen LogP contribution is -2.08. The van der Waals surface area contributed by atoms with Crippen LogP contribution in [0.3, 0.4) is 0 Å².